The number of benzene rings is 2. The Morgan fingerprint density at radius 2 is 1.95 bits per heavy atom. The zero-order valence-corrected chi connectivity index (χ0v) is 12.7. The number of nitrogens with zero attached hydrogens (tertiary/aromatic N) is 1. The molecule has 1 atom stereocenters. The molecule has 0 saturated carbocycles. The minimum Gasteiger partial charge on any atom is -0.310 e. The monoisotopic (exact) mass is 294 g/mol. The molecule has 3 aromatic rings. The van der Waals surface area contributed by atoms with Gasteiger partial charge in [-0.05, 0) is 36.1 Å². The van der Waals surface area contributed by atoms with Crippen molar-refractivity contribution in [2.24, 2.45) is 0 Å². The molecule has 2 aromatic carbocycles. The summed E-state index contributed by atoms with van der Waals surface area (Å²) in [4.78, 5) is 4.70. The van der Waals surface area contributed by atoms with Crippen molar-refractivity contribution in [1.82, 2.24) is 10.3 Å². The molecule has 0 spiro atoms. The fourth-order valence-corrected chi connectivity index (χ4v) is 4.12. The van der Waals surface area contributed by atoms with Crippen molar-refractivity contribution < 1.29 is 0 Å². The van der Waals surface area contributed by atoms with Gasteiger partial charge >= 0.3 is 0 Å². The van der Waals surface area contributed by atoms with Crippen LogP contribution in [-0.2, 0) is 12.8 Å². The summed E-state index contributed by atoms with van der Waals surface area (Å²) < 4.78 is 1.29. The van der Waals surface area contributed by atoms with Crippen molar-refractivity contribution in [3.05, 3.63) is 64.7 Å². The van der Waals surface area contributed by atoms with Crippen LogP contribution >= 0.6 is 11.3 Å². The van der Waals surface area contributed by atoms with Crippen LogP contribution in [0.5, 0.6) is 0 Å². The van der Waals surface area contributed by atoms with Crippen LogP contribution in [0.4, 0.5) is 0 Å². The third kappa shape index (κ3) is 2.59. The normalized spacial score (nSPS) is 17.2. The highest BCUT2D eigenvalue weighted by atomic mass is 32.1. The van der Waals surface area contributed by atoms with Crippen LogP contribution in [-0.4, -0.2) is 11.5 Å². The Balaban J connectivity index is 1.40. The minimum absolute atomic E-state index is 0.524. The summed E-state index contributed by atoms with van der Waals surface area (Å²) >= 11 is 1.81. The van der Waals surface area contributed by atoms with Gasteiger partial charge in [0.15, 0.2) is 0 Å². The summed E-state index contributed by atoms with van der Waals surface area (Å²) in [5, 5.41) is 4.93. The fourth-order valence-electron chi connectivity index (χ4n) is 3.15. The van der Waals surface area contributed by atoms with Gasteiger partial charge in [0.25, 0.3) is 0 Å². The first-order valence-corrected chi connectivity index (χ1v) is 8.37. The highest BCUT2D eigenvalue weighted by molar-refractivity contribution is 7.18. The van der Waals surface area contributed by atoms with E-state index in [0.717, 1.165) is 18.5 Å². The second-order valence-corrected chi connectivity index (χ2v) is 6.68. The van der Waals surface area contributed by atoms with E-state index < -0.39 is 0 Å². The van der Waals surface area contributed by atoms with Crippen molar-refractivity contribution in [1.29, 1.82) is 0 Å². The van der Waals surface area contributed by atoms with E-state index in [1.807, 2.05) is 11.3 Å². The van der Waals surface area contributed by atoms with E-state index in [1.54, 1.807) is 0 Å². The Bertz CT molecular complexity index is 730. The molecule has 0 saturated heterocycles. The molecule has 1 unspecified atom stereocenters. The van der Waals surface area contributed by atoms with E-state index in [-0.39, 0.29) is 0 Å². The van der Waals surface area contributed by atoms with Crippen molar-refractivity contribution in [3.63, 3.8) is 0 Å². The molecule has 1 heterocycles. The number of aromatic nitrogens is 1. The number of hydrogen-bond acceptors (Lipinski definition) is 3. The van der Waals surface area contributed by atoms with Crippen molar-refractivity contribution >= 4 is 21.6 Å². The highest BCUT2D eigenvalue weighted by Gasteiger charge is 2.20. The van der Waals surface area contributed by atoms with E-state index in [1.165, 1.54) is 33.7 Å². The Labute approximate surface area is 128 Å². The minimum atomic E-state index is 0.524. The number of thiazole rings is 1. The van der Waals surface area contributed by atoms with Gasteiger partial charge in [-0.3, -0.25) is 0 Å². The Morgan fingerprint density at radius 3 is 2.90 bits per heavy atom. The molecule has 21 heavy (non-hydrogen) atoms. The van der Waals surface area contributed by atoms with Gasteiger partial charge in [-0.15, -0.1) is 11.3 Å². The molecule has 3 heteroatoms. The molecule has 1 N–H and O–H groups in total. The van der Waals surface area contributed by atoms with Crippen LogP contribution in [0.2, 0.25) is 0 Å². The molecule has 0 aliphatic heterocycles. The molecule has 1 aromatic heterocycles. The summed E-state index contributed by atoms with van der Waals surface area (Å²) in [6.45, 7) is 0.999. The van der Waals surface area contributed by atoms with E-state index in [4.69, 9.17) is 4.98 Å². The number of hydrogen-bond donors (Lipinski definition) is 1. The van der Waals surface area contributed by atoms with Crippen molar-refractivity contribution in [3.8, 4) is 0 Å². The van der Waals surface area contributed by atoms with Gasteiger partial charge in [-0.2, -0.15) is 0 Å². The maximum Gasteiger partial charge on any atom is 0.0951 e. The molecule has 0 bridgehead atoms. The van der Waals surface area contributed by atoms with E-state index in [9.17, 15) is 0 Å². The fraction of sp³-hybridized carbons (Fsp3) is 0.278. The molecule has 0 amide bonds. The lowest BCUT2D eigenvalue weighted by atomic mass is 10.1. The van der Waals surface area contributed by atoms with Crippen LogP contribution in [0, 0.1) is 0 Å². The first kappa shape index (κ1) is 13.0. The second-order valence-electron chi connectivity index (χ2n) is 5.57. The van der Waals surface area contributed by atoms with Gasteiger partial charge in [0.05, 0.1) is 15.2 Å². The predicted octanol–water partition coefficient (Wildman–Crippen LogP) is 4.12. The lowest BCUT2D eigenvalue weighted by molar-refractivity contribution is 0.533. The Kier molecular flexibility index (Phi) is 3.45. The van der Waals surface area contributed by atoms with Gasteiger partial charge in [0.2, 0.25) is 0 Å². The van der Waals surface area contributed by atoms with E-state index >= 15 is 0 Å². The Hall–Kier alpha value is -1.71. The third-order valence-electron chi connectivity index (χ3n) is 4.20. The number of aryl methyl sites for hydroxylation is 1. The zero-order chi connectivity index (χ0) is 14.1. The second kappa shape index (κ2) is 5.58. The maximum atomic E-state index is 4.70. The van der Waals surface area contributed by atoms with Crippen LogP contribution in [0.25, 0.3) is 10.2 Å². The summed E-state index contributed by atoms with van der Waals surface area (Å²) in [7, 11) is 0. The summed E-state index contributed by atoms with van der Waals surface area (Å²) in [6, 6.07) is 17.7. The summed E-state index contributed by atoms with van der Waals surface area (Å²) in [5.74, 6) is 0. The molecule has 0 fully saturated rings. The molecule has 106 valence electrons. The first-order chi connectivity index (χ1) is 10.4. The average molecular weight is 294 g/mol. The molecular weight excluding hydrogens is 276 g/mol. The highest BCUT2D eigenvalue weighted by Crippen LogP contribution is 2.30. The first-order valence-electron chi connectivity index (χ1n) is 7.56. The SMILES string of the molecule is c1ccc2c(c1)CCC2NCCc1nc2ccccc2s1. The number of nitrogens with one attached hydrogen (secondary N) is 1. The smallest absolute Gasteiger partial charge is 0.0951 e. The largest absolute Gasteiger partial charge is 0.310 e. The Morgan fingerprint density at radius 1 is 1.10 bits per heavy atom. The van der Waals surface area contributed by atoms with Gasteiger partial charge < -0.3 is 5.32 Å². The third-order valence-corrected chi connectivity index (χ3v) is 5.30. The van der Waals surface area contributed by atoms with Crippen LogP contribution in [0.1, 0.15) is 28.6 Å². The topological polar surface area (TPSA) is 24.9 Å². The van der Waals surface area contributed by atoms with Crippen LogP contribution < -0.4 is 5.32 Å². The average Bonchev–Trinajstić information content (AvgIpc) is 3.11. The maximum absolute atomic E-state index is 4.70. The number of fused-ring (bicyclic) bond motifs is 2. The zero-order valence-electron chi connectivity index (χ0n) is 11.9. The lowest BCUT2D eigenvalue weighted by Crippen LogP contribution is -2.21. The lowest BCUT2D eigenvalue weighted by Gasteiger charge is -2.13. The number of para-hydroxylation sites is 1. The molecular formula is C18H18N2S. The quantitative estimate of drug-likeness (QED) is 0.783. The van der Waals surface area contributed by atoms with Crippen molar-refractivity contribution in [2.45, 2.75) is 25.3 Å². The predicted molar refractivity (Wildman–Crippen MR) is 88.8 cm³/mol. The van der Waals surface area contributed by atoms with Crippen molar-refractivity contribution in [2.75, 3.05) is 6.54 Å². The van der Waals surface area contributed by atoms with E-state index in [0.29, 0.717) is 6.04 Å². The van der Waals surface area contributed by atoms with Crippen LogP contribution in [0.3, 0.4) is 0 Å². The summed E-state index contributed by atoms with van der Waals surface area (Å²) in [6.07, 6.45) is 3.44. The van der Waals surface area contributed by atoms with Crippen LogP contribution in [0.15, 0.2) is 48.5 Å². The van der Waals surface area contributed by atoms with Gasteiger partial charge in [-0.25, -0.2) is 4.98 Å². The number of rotatable bonds is 4. The molecule has 1 aliphatic rings. The standard InChI is InChI=1S/C18H18N2S/c1-2-6-14-13(5-1)9-10-15(14)19-12-11-18-20-16-7-3-4-8-17(16)21-18/h1-8,15,19H,9-12H2. The summed E-state index contributed by atoms with van der Waals surface area (Å²) in [5.41, 5.74) is 4.13. The molecule has 4 rings (SSSR count). The van der Waals surface area contributed by atoms with Gasteiger partial charge in [-0.1, -0.05) is 36.4 Å². The molecule has 0 radical (unpaired) electrons. The van der Waals surface area contributed by atoms with Gasteiger partial charge in [0, 0.05) is 19.0 Å². The van der Waals surface area contributed by atoms with E-state index in [2.05, 4.69) is 53.8 Å². The molecule has 1 aliphatic carbocycles. The molecule has 2 nitrogen and oxygen atoms in total. The van der Waals surface area contributed by atoms with Gasteiger partial charge in [0.1, 0.15) is 0 Å².